The molecule has 19 heavy (non-hydrogen) atoms. The molecule has 0 radical (unpaired) electrons. The summed E-state index contributed by atoms with van der Waals surface area (Å²) in [4.78, 5) is 12.9. The zero-order valence-electron chi connectivity index (χ0n) is 11.2. The Morgan fingerprint density at radius 1 is 1.37 bits per heavy atom. The molecule has 102 valence electrons. The van der Waals surface area contributed by atoms with Crippen molar-refractivity contribution in [3.8, 4) is 0 Å². The molecule has 1 aliphatic rings. The minimum Gasteiger partial charge on any atom is -0.372 e. The van der Waals surface area contributed by atoms with Gasteiger partial charge in [0.2, 0.25) is 0 Å². The van der Waals surface area contributed by atoms with Crippen molar-refractivity contribution < 1.29 is 4.79 Å². The molecule has 0 atom stereocenters. The number of primary amides is 1. The highest BCUT2D eigenvalue weighted by Gasteiger charge is 2.11. The summed E-state index contributed by atoms with van der Waals surface area (Å²) in [6.45, 7) is 4.31. The van der Waals surface area contributed by atoms with Crippen LogP contribution in [0.4, 0.5) is 10.5 Å². The van der Waals surface area contributed by atoms with Gasteiger partial charge in [0.05, 0.1) is 6.21 Å². The molecule has 1 aromatic rings. The highest BCUT2D eigenvalue weighted by atomic mass is 16.2. The topological polar surface area (TPSA) is 70.7 Å². The first-order valence-corrected chi connectivity index (χ1v) is 6.61. The maximum atomic E-state index is 10.5. The van der Waals surface area contributed by atoms with E-state index in [4.69, 9.17) is 5.73 Å². The van der Waals surface area contributed by atoms with Crippen molar-refractivity contribution in [2.75, 3.05) is 18.0 Å². The third-order valence-corrected chi connectivity index (χ3v) is 3.35. The van der Waals surface area contributed by atoms with Crippen molar-refractivity contribution in [1.29, 1.82) is 0 Å². The van der Waals surface area contributed by atoms with Gasteiger partial charge in [-0.25, -0.2) is 10.2 Å². The standard InChI is InChI=1S/C14H20N4O/c1-11-9-13(18-7-3-2-4-8-18)6-5-12(11)10-16-17-14(15)19/h5-6,9-10H,2-4,7-8H2,1H3,(H3,15,17,19). The van der Waals surface area contributed by atoms with E-state index < -0.39 is 6.03 Å². The number of hydrazone groups is 1. The molecule has 1 aromatic carbocycles. The highest BCUT2D eigenvalue weighted by Crippen LogP contribution is 2.22. The molecule has 5 nitrogen and oxygen atoms in total. The number of benzene rings is 1. The van der Waals surface area contributed by atoms with Gasteiger partial charge in [-0.1, -0.05) is 6.07 Å². The van der Waals surface area contributed by atoms with Crippen molar-refractivity contribution in [1.82, 2.24) is 5.43 Å². The lowest BCUT2D eigenvalue weighted by Crippen LogP contribution is -2.29. The summed E-state index contributed by atoms with van der Waals surface area (Å²) in [6.07, 6.45) is 5.48. The van der Waals surface area contributed by atoms with Crippen LogP contribution in [0.3, 0.4) is 0 Å². The van der Waals surface area contributed by atoms with E-state index in [2.05, 4.69) is 27.6 Å². The van der Waals surface area contributed by atoms with Crippen LogP contribution >= 0.6 is 0 Å². The normalized spacial score (nSPS) is 15.7. The van der Waals surface area contributed by atoms with Crippen LogP contribution in [0.15, 0.2) is 23.3 Å². The molecular weight excluding hydrogens is 240 g/mol. The first kappa shape index (κ1) is 13.4. The van der Waals surface area contributed by atoms with E-state index >= 15 is 0 Å². The van der Waals surface area contributed by atoms with Gasteiger partial charge in [0.1, 0.15) is 0 Å². The minimum atomic E-state index is -0.654. The molecule has 1 saturated heterocycles. The van der Waals surface area contributed by atoms with Gasteiger partial charge < -0.3 is 10.6 Å². The summed E-state index contributed by atoms with van der Waals surface area (Å²) >= 11 is 0. The van der Waals surface area contributed by atoms with Crippen molar-refractivity contribution in [2.24, 2.45) is 10.8 Å². The van der Waals surface area contributed by atoms with Crippen molar-refractivity contribution in [3.05, 3.63) is 29.3 Å². The number of hydrogen-bond donors (Lipinski definition) is 2. The van der Waals surface area contributed by atoms with Crippen LogP contribution in [-0.2, 0) is 0 Å². The summed E-state index contributed by atoms with van der Waals surface area (Å²) < 4.78 is 0. The second kappa shape index (κ2) is 6.22. The van der Waals surface area contributed by atoms with Gasteiger partial charge >= 0.3 is 6.03 Å². The zero-order valence-corrected chi connectivity index (χ0v) is 11.2. The molecule has 2 amide bonds. The number of piperidine rings is 1. The molecular formula is C14H20N4O. The smallest absolute Gasteiger partial charge is 0.332 e. The summed E-state index contributed by atoms with van der Waals surface area (Å²) in [7, 11) is 0. The van der Waals surface area contributed by atoms with Crippen LogP contribution in [0.1, 0.15) is 30.4 Å². The summed E-state index contributed by atoms with van der Waals surface area (Å²) in [5.41, 5.74) is 10.5. The van der Waals surface area contributed by atoms with E-state index in [1.165, 1.54) is 24.9 Å². The van der Waals surface area contributed by atoms with Gasteiger partial charge in [-0.2, -0.15) is 5.10 Å². The number of nitrogens with zero attached hydrogens (tertiary/aromatic N) is 2. The predicted molar refractivity (Wildman–Crippen MR) is 77.6 cm³/mol. The Hall–Kier alpha value is -2.04. The number of rotatable bonds is 3. The molecule has 1 heterocycles. The number of nitrogens with one attached hydrogen (secondary N) is 1. The van der Waals surface area contributed by atoms with E-state index in [9.17, 15) is 4.79 Å². The van der Waals surface area contributed by atoms with Crippen LogP contribution < -0.4 is 16.1 Å². The first-order chi connectivity index (χ1) is 9.16. The van der Waals surface area contributed by atoms with Gasteiger partial charge in [-0.3, -0.25) is 0 Å². The van der Waals surface area contributed by atoms with Crippen molar-refractivity contribution >= 4 is 17.9 Å². The monoisotopic (exact) mass is 260 g/mol. The zero-order chi connectivity index (χ0) is 13.7. The van der Waals surface area contributed by atoms with Gasteiger partial charge in [-0.05, 0) is 49.4 Å². The summed E-state index contributed by atoms with van der Waals surface area (Å²) in [5, 5.41) is 3.78. The van der Waals surface area contributed by atoms with Crippen molar-refractivity contribution in [2.45, 2.75) is 26.2 Å². The lowest BCUT2D eigenvalue weighted by molar-refractivity contribution is 0.249. The molecule has 5 heteroatoms. The molecule has 0 spiro atoms. The number of urea groups is 1. The van der Waals surface area contributed by atoms with Crippen LogP contribution in [0.2, 0.25) is 0 Å². The Morgan fingerprint density at radius 2 is 2.11 bits per heavy atom. The lowest BCUT2D eigenvalue weighted by Gasteiger charge is -2.29. The van der Waals surface area contributed by atoms with E-state index in [-0.39, 0.29) is 0 Å². The molecule has 0 aliphatic carbocycles. The fourth-order valence-electron chi connectivity index (χ4n) is 2.32. The Labute approximate surface area is 113 Å². The Balaban J connectivity index is 2.07. The maximum absolute atomic E-state index is 10.5. The fraction of sp³-hybridized carbons (Fsp3) is 0.429. The summed E-state index contributed by atoms with van der Waals surface area (Å²) in [6, 6.07) is 5.63. The van der Waals surface area contributed by atoms with Crippen LogP contribution in [0, 0.1) is 6.92 Å². The maximum Gasteiger partial charge on any atom is 0.332 e. The highest BCUT2D eigenvalue weighted by molar-refractivity contribution is 5.84. The van der Waals surface area contributed by atoms with Crippen molar-refractivity contribution in [3.63, 3.8) is 0 Å². The number of amides is 2. The average molecular weight is 260 g/mol. The van der Waals surface area contributed by atoms with Crippen LogP contribution in [-0.4, -0.2) is 25.3 Å². The van der Waals surface area contributed by atoms with Gasteiger partial charge in [0, 0.05) is 18.8 Å². The third kappa shape index (κ3) is 3.71. The Morgan fingerprint density at radius 3 is 2.74 bits per heavy atom. The largest absolute Gasteiger partial charge is 0.372 e. The molecule has 1 aliphatic heterocycles. The third-order valence-electron chi connectivity index (χ3n) is 3.35. The molecule has 0 bridgehead atoms. The van der Waals surface area contributed by atoms with E-state index in [0.717, 1.165) is 24.2 Å². The summed E-state index contributed by atoms with van der Waals surface area (Å²) in [5.74, 6) is 0. The molecule has 0 saturated carbocycles. The molecule has 1 fully saturated rings. The van der Waals surface area contributed by atoms with Crippen LogP contribution in [0.25, 0.3) is 0 Å². The lowest BCUT2D eigenvalue weighted by atomic mass is 10.1. The molecule has 2 rings (SSSR count). The SMILES string of the molecule is Cc1cc(N2CCCCC2)ccc1C=NNC(N)=O. The number of carbonyl (C=O) groups excluding carboxylic acids is 1. The fourth-order valence-corrected chi connectivity index (χ4v) is 2.32. The van der Waals surface area contributed by atoms with Gasteiger partial charge in [-0.15, -0.1) is 0 Å². The Bertz CT molecular complexity index is 478. The average Bonchev–Trinajstić information content (AvgIpc) is 2.41. The number of aryl methyl sites for hydroxylation is 1. The number of nitrogens with two attached hydrogens (primary N) is 1. The second-order valence-electron chi connectivity index (χ2n) is 4.82. The minimum absolute atomic E-state index is 0.654. The van der Waals surface area contributed by atoms with Crippen LogP contribution in [0.5, 0.6) is 0 Å². The van der Waals surface area contributed by atoms with Gasteiger partial charge in [0.15, 0.2) is 0 Å². The quantitative estimate of drug-likeness (QED) is 0.644. The van der Waals surface area contributed by atoms with Gasteiger partial charge in [0.25, 0.3) is 0 Å². The molecule has 0 aromatic heterocycles. The number of hydrogen-bond acceptors (Lipinski definition) is 3. The number of carbonyl (C=O) groups is 1. The van der Waals surface area contributed by atoms with E-state index in [0.29, 0.717) is 0 Å². The predicted octanol–water partition coefficient (Wildman–Crippen LogP) is 1.99. The first-order valence-electron chi connectivity index (χ1n) is 6.61. The van der Waals surface area contributed by atoms with E-state index in [1.807, 2.05) is 13.0 Å². The second-order valence-corrected chi connectivity index (χ2v) is 4.82. The Kier molecular flexibility index (Phi) is 4.39. The number of anilines is 1. The van der Waals surface area contributed by atoms with E-state index in [1.54, 1.807) is 6.21 Å². The molecule has 0 unspecified atom stereocenters. The molecule has 3 N–H and O–H groups in total.